The summed E-state index contributed by atoms with van der Waals surface area (Å²) in [6.45, 7) is 3.93. The maximum absolute atomic E-state index is 11.9. The summed E-state index contributed by atoms with van der Waals surface area (Å²) < 4.78 is 0. The molecular formula is C11H22N2OS. The molecule has 1 atom stereocenters. The lowest BCUT2D eigenvalue weighted by Crippen LogP contribution is -2.37. The molecule has 0 bridgehead atoms. The minimum Gasteiger partial charge on any atom is -0.342 e. The Kier molecular flexibility index (Phi) is 6.10. The van der Waals surface area contributed by atoms with Crippen LogP contribution in [0.4, 0.5) is 0 Å². The number of carbonyl (C=O) groups excluding carboxylic acids is 1. The molecule has 1 aliphatic heterocycles. The van der Waals surface area contributed by atoms with Crippen LogP contribution in [-0.4, -0.2) is 41.4 Å². The number of carbonyl (C=O) groups is 1. The largest absolute Gasteiger partial charge is 0.342 e. The molecule has 0 spiro atoms. The summed E-state index contributed by atoms with van der Waals surface area (Å²) in [5.41, 5.74) is 5.88. The molecule has 0 aromatic rings. The summed E-state index contributed by atoms with van der Waals surface area (Å²) in [6, 6.07) is 0.0541. The van der Waals surface area contributed by atoms with E-state index in [1.54, 1.807) is 0 Å². The van der Waals surface area contributed by atoms with E-state index in [4.69, 9.17) is 5.73 Å². The summed E-state index contributed by atoms with van der Waals surface area (Å²) in [4.78, 5) is 13.9. The third-order valence-corrected chi connectivity index (χ3v) is 3.72. The van der Waals surface area contributed by atoms with E-state index in [9.17, 15) is 4.79 Å². The third kappa shape index (κ3) is 4.89. The minimum atomic E-state index is 0.0541. The van der Waals surface area contributed by atoms with Crippen molar-refractivity contribution in [1.29, 1.82) is 0 Å². The van der Waals surface area contributed by atoms with Crippen molar-refractivity contribution in [2.24, 2.45) is 5.73 Å². The Morgan fingerprint density at radius 3 is 3.00 bits per heavy atom. The predicted molar refractivity (Wildman–Crippen MR) is 66.0 cm³/mol. The first-order chi connectivity index (χ1) is 7.24. The van der Waals surface area contributed by atoms with Gasteiger partial charge >= 0.3 is 0 Å². The molecule has 4 heteroatoms. The van der Waals surface area contributed by atoms with Crippen molar-refractivity contribution in [2.45, 2.75) is 38.6 Å². The molecule has 1 heterocycles. The molecule has 0 aliphatic carbocycles. The highest BCUT2D eigenvalue weighted by Gasteiger charge is 2.17. The topological polar surface area (TPSA) is 46.3 Å². The van der Waals surface area contributed by atoms with E-state index in [-0.39, 0.29) is 11.9 Å². The van der Waals surface area contributed by atoms with Crippen LogP contribution in [0.1, 0.15) is 32.6 Å². The summed E-state index contributed by atoms with van der Waals surface area (Å²) in [5.74, 6) is 2.51. The zero-order valence-electron chi connectivity index (χ0n) is 9.58. The number of hydrogen-bond acceptors (Lipinski definition) is 3. The molecule has 1 fully saturated rings. The molecule has 1 amide bonds. The van der Waals surface area contributed by atoms with Crippen LogP contribution in [0, 0.1) is 0 Å². The van der Waals surface area contributed by atoms with E-state index in [1.807, 2.05) is 16.7 Å². The SMILES string of the molecule is CCCC(N)CC(=O)N1CCCSCC1. The first-order valence-corrected chi connectivity index (χ1v) is 7.00. The van der Waals surface area contributed by atoms with Gasteiger partial charge in [-0.15, -0.1) is 0 Å². The number of amides is 1. The van der Waals surface area contributed by atoms with Gasteiger partial charge in [-0.2, -0.15) is 11.8 Å². The molecule has 1 saturated heterocycles. The number of nitrogens with zero attached hydrogens (tertiary/aromatic N) is 1. The number of nitrogens with two attached hydrogens (primary N) is 1. The van der Waals surface area contributed by atoms with Gasteiger partial charge in [-0.3, -0.25) is 4.79 Å². The second kappa shape index (κ2) is 7.12. The van der Waals surface area contributed by atoms with Crippen molar-refractivity contribution in [3.63, 3.8) is 0 Å². The first kappa shape index (κ1) is 12.8. The molecule has 88 valence electrons. The van der Waals surface area contributed by atoms with Gasteiger partial charge < -0.3 is 10.6 Å². The van der Waals surface area contributed by atoms with E-state index in [0.717, 1.165) is 38.1 Å². The molecule has 0 saturated carbocycles. The molecule has 0 aromatic carbocycles. The Bertz CT molecular complexity index is 191. The molecule has 0 radical (unpaired) electrons. The van der Waals surface area contributed by atoms with Crippen molar-refractivity contribution in [1.82, 2.24) is 4.90 Å². The van der Waals surface area contributed by atoms with Gasteiger partial charge in [0, 0.05) is 31.3 Å². The Hall–Kier alpha value is -0.220. The van der Waals surface area contributed by atoms with E-state index in [1.165, 1.54) is 5.75 Å². The van der Waals surface area contributed by atoms with E-state index in [2.05, 4.69) is 6.92 Å². The van der Waals surface area contributed by atoms with Crippen LogP contribution < -0.4 is 5.73 Å². The average Bonchev–Trinajstić information content (AvgIpc) is 2.45. The maximum atomic E-state index is 11.9. The zero-order valence-corrected chi connectivity index (χ0v) is 10.4. The van der Waals surface area contributed by atoms with Crippen LogP contribution in [0.2, 0.25) is 0 Å². The zero-order chi connectivity index (χ0) is 11.1. The monoisotopic (exact) mass is 230 g/mol. The quantitative estimate of drug-likeness (QED) is 0.795. The Labute approximate surface area is 96.8 Å². The molecular weight excluding hydrogens is 208 g/mol. The summed E-state index contributed by atoms with van der Waals surface area (Å²) in [7, 11) is 0. The van der Waals surface area contributed by atoms with Gasteiger partial charge in [0.15, 0.2) is 0 Å². The Balaban J connectivity index is 2.30. The van der Waals surface area contributed by atoms with Crippen molar-refractivity contribution >= 4 is 17.7 Å². The molecule has 15 heavy (non-hydrogen) atoms. The van der Waals surface area contributed by atoms with Crippen LogP contribution in [0.15, 0.2) is 0 Å². The van der Waals surface area contributed by atoms with E-state index >= 15 is 0 Å². The fraction of sp³-hybridized carbons (Fsp3) is 0.909. The van der Waals surface area contributed by atoms with Crippen LogP contribution in [0.3, 0.4) is 0 Å². The van der Waals surface area contributed by atoms with E-state index < -0.39 is 0 Å². The number of thioether (sulfide) groups is 1. The van der Waals surface area contributed by atoms with Crippen molar-refractivity contribution in [3.8, 4) is 0 Å². The average molecular weight is 230 g/mol. The summed E-state index contributed by atoms with van der Waals surface area (Å²) >= 11 is 1.94. The van der Waals surface area contributed by atoms with Crippen molar-refractivity contribution < 1.29 is 4.79 Å². The molecule has 3 nitrogen and oxygen atoms in total. The highest BCUT2D eigenvalue weighted by Crippen LogP contribution is 2.11. The Morgan fingerprint density at radius 2 is 2.27 bits per heavy atom. The second-order valence-electron chi connectivity index (χ2n) is 4.10. The third-order valence-electron chi connectivity index (χ3n) is 2.67. The summed E-state index contributed by atoms with van der Waals surface area (Å²) in [6.07, 6.45) is 3.66. The van der Waals surface area contributed by atoms with Crippen LogP contribution in [0.5, 0.6) is 0 Å². The standard InChI is InChI=1S/C11H22N2OS/c1-2-4-10(12)9-11(14)13-5-3-7-15-8-6-13/h10H,2-9,12H2,1H3. The molecule has 1 aliphatic rings. The van der Waals surface area contributed by atoms with Gasteiger partial charge in [0.25, 0.3) is 0 Å². The fourth-order valence-electron chi connectivity index (χ4n) is 1.82. The molecule has 1 unspecified atom stereocenters. The van der Waals surface area contributed by atoms with Crippen molar-refractivity contribution in [2.75, 3.05) is 24.6 Å². The summed E-state index contributed by atoms with van der Waals surface area (Å²) in [5, 5.41) is 0. The molecule has 0 aromatic heterocycles. The van der Waals surface area contributed by atoms with Crippen LogP contribution >= 0.6 is 11.8 Å². The van der Waals surface area contributed by atoms with Gasteiger partial charge in [-0.05, 0) is 18.6 Å². The lowest BCUT2D eigenvalue weighted by atomic mass is 10.1. The molecule has 2 N–H and O–H groups in total. The van der Waals surface area contributed by atoms with Gasteiger partial charge in [-0.1, -0.05) is 13.3 Å². The van der Waals surface area contributed by atoms with Gasteiger partial charge in [0.05, 0.1) is 0 Å². The lowest BCUT2D eigenvalue weighted by molar-refractivity contribution is -0.131. The van der Waals surface area contributed by atoms with E-state index in [0.29, 0.717) is 6.42 Å². The van der Waals surface area contributed by atoms with Crippen molar-refractivity contribution in [3.05, 3.63) is 0 Å². The number of hydrogen-bond donors (Lipinski definition) is 1. The Morgan fingerprint density at radius 1 is 1.47 bits per heavy atom. The smallest absolute Gasteiger partial charge is 0.224 e. The van der Waals surface area contributed by atoms with Crippen LogP contribution in [-0.2, 0) is 4.79 Å². The number of rotatable bonds is 4. The normalized spacial score (nSPS) is 19.7. The van der Waals surface area contributed by atoms with Gasteiger partial charge in [-0.25, -0.2) is 0 Å². The minimum absolute atomic E-state index is 0.0541. The van der Waals surface area contributed by atoms with Gasteiger partial charge in [0.2, 0.25) is 5.91 Å². The highest BCUT2D eigenvalue weighted by molar-refractivity contribution is 7.99. The van der Waals surface area contributed by atoms with Crippen LogP contribution in [0.25, 0.3) is 0 Å². The fourth-order valence-corrected chi connectivity index (χ4v) is 2.71. The first-order valence-electron chi connectivity index (χ1n) is 5.85. The lowest BCUT2D eigenvalue weighted by Gasteiger charge is -2.21. The maximum Gasteiger partial charge on any atom is 0.224 e. The van der Waals surface area contributed by atoms with Gasteiger partial charge in [0.1, 0.15) is 0 Å². The molecule has 1 rings (SSSR count). The second-order valence-corrected chi connectivity index (χ2v) is 5.32. The highest BCUT2D eigenvalue weighted by atomic mass is 32.2. The predicted octanol–water partition coefficient (Wildman–Crippen LogP) is 1.47.